The van der Waals surface area contributed by atoms with Gasteiger partial charge >= 0.3 is 0 Å². The fraction of sp³-hybridized carbons (Fsp3) is 0.286. The summed E-state index contributed by atoms with van der Waals surface area (Å²) >= 11 is 0. The van der Waals surface area contributed by atoms with E-state index in [9.17, 15) is 22.4 Å². The smallest absolute Gasteiger partial charge is 0.264 e. The summed E-state index contributed by atoms with van der Waals surface area (Å²) in [5.41, 5.74) is 2.01. The summed E-state index contributed by atoms with van der Waals surface area (Å²) in [6.45, 7) is 5.46. The molecule has 0 aliphatic rings. The first-order valence-electron chi connectivity index (χ1n) is 12.1. The molecule has 0 heterocycles. The lowest BCUT2D eigenvalue weighted by Gasteiger charge is -2.33. The average Bonchev–Trinajstić information content (AvgIpc) is 2.88. The van der Waals surface area contributed by atoms with E-state index in [2.05, 4.69) is 5.32 Å². The number of nitrogens with one attached hydrogen (secondary N) is 1. The first kappa shape index (κ1) is 27.9. The first-order chi connectivity index (χ1) is 17.7. The minimum atomic E-state index is -4.23. The van der Waals surface area contributed by atoms with E-state index in [0.717, 1.165) is 27.6 Å². The van der Waals surface area contributed by atoms with Gasteiger partial charge in [0, 0.05) is 13.1 Å². The molecule has 9 heteroatoms. The third-order valence-corrected chi connectivity index (χ3v) is 7.72. The van der Waals surface area contributed by atoms with Gasteiger partial charge in [0.05, 0.1) is 10.6 Å². The van der Waals surface area contributed by atoms with E-state index in [1.165, 1.54) is 17.0 Å². The summed E-state index contributed by atoms with van der Waals surface area (Å²) in [7, 11) is -4.23. The number of aryl methyl sites for hydroxylation is 1. The molecule has 196 valence electrons. The van der Waals surface area contributed by atoms with Crippen LogP contribution in [0.3, 0.4) is 0 Å². The van der Waals surface area contributed by atoms with Crippen LogP contribution in [0.2, 0.25) is 0 Å². The van der Waals surface area contributed by atoms with E-state index in [4.69, 9.17) is 0 Å². The number of hydrogen-bond donors (Lipinski definition) is 1. The van der Waals surface area contributed by atoms with E-state index in [1.54, 1.807) is 38.1 Å². The second kappa shape index (κ2) is 12.5. The third kappa shape index (κ3) is 6.95. The van der Waals surface area contributed by atoms with Crippen molar-refractivity contribution in [1.29, 1.82) is 0 Å². The van der Waals surface area contributed by atoms with Crippen molar-refractivity contribution in [3.63, 3.8) is 0 Å². The Labute approximate surface area is 218 Å². The highest BCUT2D eigenvalue weighted by molar-refractivity contribution is 7.92. The quantitative estimate of drug-likeness (QED) is 0.405. The number of anilines is 1. The van der Waals surface area contributed by atoms with Gasteiger partial charge in [-0.05, 0) is 62.2 Å². The monoisotopic (exact) mass is 525 g/mol. The summed E-state index contributed by atoms with van der Waals surface area (Å²) in [5.74, 6) is -1.41. The Balaban J connectivity index is 2.04. The summed E-state index contributed by atoms with van der Waals surface area (Å²) in [5, 5.41) is 2.77. The SMILES string of the molecule is CCNC(=O)C(CC)N(Cc1ccccc1)C(=O)CN(c1ccc(C)cc1)S(=O)(=O)c1ccc(F)cc1. The van der Waals surface area contributed by atoms with Gasteiger partial charge in [-0.2, -0.15) is 0 Å². The lowest BCUT2D eigenvalue weighted by Crippen LogP contribution is -2.52. The molecule has 1 N–H and O–H groups in total. The van der Waals surface area contributed by atoms with Crippen molar-refractivity contribution < 1.29 is 22.4 Å². The predicted molar refractivity (Wildman–Crippen MR) is 142 cm³/mol. The summed E-state index contributed by atoms with van der Waals surface area (Å²) in [6, 6.07) is 19.6. The van der Waals surface area contributed by atoms with Crippen LogP contribution in [-0.2, 0) is 26.2 Å². The molecule has 0 fully saturated rings. The summed E-state index contributed by atoms with van der Waals surface area (Å²) < 4.78 is 41.9. The van der Waals surface area contributed by atoms with Gasteiger partial charge in [0.15, 0.2) is 0 Å². The average molecular weight is 526 g/mol. The van der Waals surface area contributed by atoms with Gasteiger partial charge in [0.1, 0.15) is 18.4 Å². The Bertz CT molecular complexity index is 1300. The normalized spacial score (nSPS) is 12.0. The zero-order valence-electron chi connectivity index (χ0n) is 21.2. The van der Waals surface area contributed by atoms with Crippen molar-refractivity contribution in [2.45, 2.75) is 44.7 Å². The molecule has 0 saturated heterocycles. The summed E-state index contributed by atoms with van der Waals surface area (Å²) in [4.78, 5) is 28.0. The zero-order chi connectivity index (χ0) is 27.0. The van der Waals surface area contributed by atoms with Crippen molar-refractivity contribution in [1.82, 2.24) is 10.2 Å². The molecule has 7 nitrogen and oxygen atoms in total. The second-order valence-corrected chi connectivity index (χ2v) is 10.5. The van der Waals surface area contributed by atoms with Gasteiger partial charge < -0.3 is 10.2 Å². The van der Waals surface area contributed by atoms with E-state index in [1.807, 2.05) is 37.3 Å². The Morgan fingerprint density at radius 2 is 1.54 bits per heavy atom. The second-order valence-electron chi connectivity index (χ2n) is 8.63. The van der Waals surface area contributed by atoms with E-state index in [0.29, 0.717) is 13.0 Å². The number of sulfonamides is 1. The molecule has 0 bridgehead atoms. The molecular weight excluding hydrogens is 493 g/mol. The number of benzene rings is 3. The Kier molecular flexibility index (Phi) is 9.41. The van der Waals surface area contributed by atoms with Crippen LogP contribution in [0.5, 0.6) is 0 Å². The van der Waals surface area contributed by atoms with Crippen LogP contribution in [0.1, 0.15) is 31.4 Å². The maximum atomic E-state index is 13.8. The summed E-state index contributed by atoms with van der Waals surface area (Å²) in [6.07, 6.45) is 0.347. The number of rotatable bonds is 11. The van der Waals surface area contributed by atoms with Gasteiger partial charge in [-0.1, -0.05) is 55.0 Å². The molecule has 0 aromatic heterocycles. The number of nitrogens with zero attached hydrogens (tertiary/aromatic N) is 2. The highest BCUT2D eigenvalue weighted by Crippen LogP contribution is 2.25. The Morgan fingerprint density at radius 1 is 0.919 bits per heavy atom. The van der Waals surface area contributed by atoms with E-state index in [-0.39, 0.29) is 23.0 Å². The number of amides is 2. The lowest BCUT2D eigenvalue weighted by atomic mass is 10.1. The fourth-order valence-corrected chi connectivity index (χ4v) is 5.38. The highest BCUT2D eigenvalue weighted by Gasteiger charge is 2.33. The first-order valence-corrected chi connectivity index (χ1v) is 13.6. The number of halogens is 1. The number of carbonyl (C=O) groups excluding carboxylic acids is 2. The number of hydrogen-bond acceptors (Lipinski definition) is 4. The van der Waals surface area contributed by atoms with Crippen LogP contribution in [0.4, 0.5) is 10.1 Å². The molecule has 37 heavy (non-hydrogen) atoms. The van der Waals surface area contributed by atoms with Gasteiger partial charge in [0.25, 0.3) is 10.0 Å². The van der Waals surface area contributed by atoms with E-state index < -0.39 is 34.3 Å². The van der Waals surface area contributed by atoms with Crippen LogP contribution in [0.15, 0.2) is 83.8 Å². The maximum absolute atomic E-state index is 13.8. The van der Waals surface area contributed by atoms with Crippen molar-refractivity contribution in [3.05, 3.63) is 95.8 Å². The Hall–Kier alpha value is -3.72. The molecule has 0 spiro atoms. The maximum Gasteiger partial charge on any atom is 0.264 e. The molecule has 1 atom stereocenters. The zero-order valence-corrected chi connectivity index (χ0v) is 22.0. The number of likely N-dealkylation sites (N-methyl/N-ethyl adjacent to an activating group) is 1. The van der Waals surface area contributed by atoms with Crippen molar-refractivity contribution in [3.8, 4) is 0 Å². The van der Waals surface area contributed by atoms with Gasteiger partial charge in [-0.25, -0.2) is 12.8 Å². The van der Waals surface area contributed by atoms with Crippen LogP contribution in [0, 0.1) is 12.7 Å². The van der Waals surface area contributed by atoms with Crippen LogP contribution < -0.4 is 9.62 Å². The minimum Gasteiger partial charge on any atom is -0.355 e. The molecule has 1 unspecified atom stereocenters. The highest BCUT2D eigenvalue weighted by atomic mass is 32.2. The minimum absolute atomic E-state index is 0.133. The predicted octanol–water partition coefficient (Wildman–Crippen LogP) is 4.27. The molecule has 0 aliphatic carbocycles. The van der Waals surface area contributed by atoms with Crippen molar-refractivity contribution in [2.75, 3.05) is 17.4 Å². The molecule has 3 aromatic rings. The molecule has 0 radical (unpaired) electrons. The van der Waals surface area contributed by atoms with Crippen LogP contribution >= 0.6 is 0 Å². The molecular formula is C28H32FN3O4S. The molecule has 0 saturated carbocycles. The number of carbonyl (C=O) groups is 2. The Morgan fingerprint density at radius 3 is 2.11 bits per heavy atom. The van der Waals surface area contributed by atoms with Gasteiger partial charge in [-0.15, -0.1) is 0 Å². The largest absolute Gasteiger partial charge is 0.355 e. The lowest BCUT2D eigenvalue weighted by molar-refractivity contribution is -0.140. The molecule has 3 aromatic carbocycles. The van der Waals surface area contributed by atoms with E-state index >= 15 is 0 Å². The van der Waals surface area contributed by atoms with Crippen molar-refractivity contribution in [2.24, 2.45) is 0 Å². The molecule has 2 amide bonds. The van der Waals surface area contributed by atoms with Crippen LogP contribution in [0.25, 0.3) is 0 Å². The molecule has 3 rings (SSSR count). The third-order valence-electron chi connectivity index (χ3n) is 5.94. The van der Waals surface area contributed by atoms with Gasteiger partial charge in [-0.3, -0.25) is 13.9 Å². The topological polar surface area (TPSA) is 86.8 Å². The fourth-order valence-electron chi connectivity index (χ4n) is 3.97. The van der Waals surface area contributed by atoms with Gasteiger partial charge in [0.2, 0.25) is 11.8 Å². The van der Waals surface area contributed by atoms with Crippen molar-refractivity contribution >= 4 is 27.5 Å². The van der Waals surface area contributed by atoms with Crippen LogP contribution in [-0.4, -0.2) is 44.3 Å². The standard InChI is InChI=1S/C28H32FN3O4S/c1-4-26(28(34)30-5-2)31(19-22-9-7-6-8-10-22)27(33)20-32(24-15-11-21(3)12-16-24)37(35,36)25-17-13-23(29)14-18-25/h6-18,26H,4-5,19-20H2,1-3H3,(H,30,34). The molecule has 0 aliphatic heterocycles.